The van der Waals surface area contributed by atoms with Gasteiger partial charge < -0.3 is 10.0 Å². The predicted octanol–water partition coefficient (Wildman–Crippen LogP) is 6.42. The number of allylic oxidation sites excluding steroid dienone is 1. The summed E-state index contributed by atoms with van der Waals surface area (Å²) in [6, 6.07) is 2.63. The first-order valence-electron chi connectivity index (χ1n) is 12.4. The number of aryl methyl sites for hydroxylation is 2. The molecule has 2 aromatic heterocycles. The fourth-order valence-electron chi connectivity index (χ4n) is 5.97. The molecule has 1 aromatic carbocycles. The maximum absolute atomic E-state index is 16.1. The van der Waals surface area contributed by atoms with Crippen LogP contribution in [0.5, 0.6) is 5.75 Å². The maximum atomic E-state index is 16.1. The van der Waals surface area contributed by atoms with Crippen molar-refractivity contribution in [2.45, 2.75) is 58.3 Å². The molecule has 3 heterocycles. The van der Waals surface area contributed by atoms with E-state index in [9.17, 15) is 13.9 Å². The summed E-state index contributed by atoms with van der Waals surface area (Å²) in [4.78, 5) is 15.8. The molecule has 1 saturated carbocycles. The number of benzene rings is 1. The van der Waals surface area contributed by atoms with E-state index in [-0.39, 0.29) is 40.9 Å². The summed E-state index contributed by atoms with van der Waals surface area (Å²) >= 11 is 0. The van der Waals surface area contributed by atoms with E-state index in [0.717, 1.165) is 19.5 Å². The molecule has 0 amide bonds. The Bertz CT molecular complexity index is 1380. The number of aromatic nitrogens is 3. The minimum atomic E-state index is -1.03. The van der Waals surface area contributed by atoms with Crippen molar-refractivity contribution in [3.05, 3.63) is 46.9 Å². The van der Waals surface area contributed by atoms with Gasteiger partial charge in [-0.1, -0.05) is 13.3 Å². The summed E-state index contributed by atoms with van der Waals surface area (Å²) in [6.45, 7) is 3.65. The van der Waals surface area contributed by atoms with E-state index in [1.807, 2.05) is 6.92 Å². The molecule has 1 aliphatic heterocycles. The SMILES string of the molecule is CCc1nc(N2CCCC3(CCC3)C2)c2cnc(-c3cc(O)cc4c3C(F)=C(F)CC4)c(F)c2n1. The first-order valence-corrected chi connectivity index (χ1v) is 12.4. The van der Waals surface area contributed by atoms with Gasteiger partial charge in [0.25, 0.3) is 0 Å². The Balaban J connectivity index is 1.53. The summed E-state index contributed by atoms with van der Waals surface area (Å²) < 4.78 is 45.1. The highest BCUT2D eigenvalue weighted by Gasteiger charge is 2.41. The van der Waals surface area contributed by atoms with E-state index >= 15 is 4.39 Å². The zero-order valence-electron chi connectivity index (χ0n) is 19.7. The zero-order valence-corrected chi connectivity index (χ0v) is 19.7. The number of phenols is 1. The second-order valence-corrected chi connectivity index (χ2v) is 10.1. The number of fused-ring (bicyclic) bond motifs is 2. The minimum absolute atomic E-state index is 0.0244. The minimum Gasteiger partial charge on any atom is -0.508 e. The van der Waals surface area contributed by atoms with Gasteiger partial charge in [0.2, 0.25) is 0 Å². The van der Waals surface area contributed by atoms with Gasteiger partial charge in [-0.25, -0.2) is 23.1 Å². The van der Waals surface area contributed by atoms with Crippen LogP contribution in [0.15, 0.2) is 24.2 Å². The van der Waals surface area contributed by atoms with Crippen LogP contribution in [-0.2, 0) is 12.8 Å². The lowest BCUT2D eigenvalue weighted by Gasteiger charge is -2.49. The third kappa shape index (κ3) is 3.56. The topological polar surface area (TPSA) is 62.1 Å². The van der Waals surface area contributed by atoms with Crippen LogP contribution < -0.4 is 4.90 Å². The Hall–Kier alpha value is -3.16. The first-order chi connectivity index (χ1) is 16.9. The average molecular weight is 481 g/mol. The number of anilines is 1. The van der Waals surface area contributed by atoms with Gasteiger partial charge in [-0.2, -0.15) is 0 Å². The third-order valence-electron chi connectivity index (χ3n) is 7.93. The molecule has 0 atom stereocenters. The smallest absolute Gasteiger partial charge is 0.175 e. The van der Waals surface area contributed by atoms with Gasteiger partial charge in [-0.3, -0.25) is 4.98 Å². The summed E-state index contributed by atoms with van der Waals surface area (Å²) in [6.07, 6.45) is 8.13. The summed E-state index contributed by atoms with van der Waals surface area (Å²) in [7, 11) is 0. The van der Waals surface area contributed by atoms with Crippen molar-refractivity contribution in [1.29, 1.82) is 0 Å². The van der Waals surface area contributed by atoms with Crippen molar-refractivity contribution in [2.24, 2.45) is 5.41 Å². The molecule has 1 N–H and O–H groups in total. The largest absolute Gasteiger partial charge is 0.508 e. The highest BCUT2D eigenvalue weighted by molar-refractivity contribution is 5.93. The molecule has 6 rings (SSSR count). The average Bonchev–Trinajstić information content (AvgIpc) is 2.84. The second-order valence-electron chi connectivity index (χ2n) is 10.1. The van der Waals surface area contributed by atoms with Crippen LogP contribution in [0.25, 0.3) is 28.0 Å². The molecular weight excluding hydrogens is 453 g/mol. The molecule has 2 aliphatic carbocycles. The van der Waals surface area contributed by atoms with Crippen molar-refractivity contribution >= 4 is 22.5 Å². The van der Waals surface area contributed by atoms with E-state index in [4.69, 9.17) is 4.98 Å². The van der Waals surface area contributed by atoms with Gasteiger partial charge in [0.05, 0.1) is 5.39 Å². The second kappa shape index (κ2) is 8.21. The molecule has 0 bridgehead atoms. The first kappa shape index (κ1) is 22.3. The van der Waals surface area contributed by atoms with Gasteiger partial charge in [-0.05, 0) is 55.2 Å². The number of hydrogen-bond donors (Lipinski definition) is 1. The van der Waals surface area contributed by atoms with E-state index in [2.05, 4.69) is 14.9 Å². The van der Waals surface area contributed by atoms with Crippen LogP contribution >= 0.6 is 0 Å². The monoisotopic (exact) mass is 480 g/mol. The van der Waals surface area contributed by atoms with Crippen LogP contribution in [0.2, 0.25) is 0 Å². The van der Waals surface area contributed by atoms with Crippen molar-refractivity contribution in [3.63, 3.8) is 0 Å². The molecule has 5 nitrogen and oxygen atoms in total. The van der Waals surface area contributed by atoms with Crippen molar-refractivity contribution in [2.75, 3.05) is 18.0 Å². The lowest BCUT2D eigenvalue weighted by Crippen LogP contribution is -2.47. The van der Waals surface area contributed by atoms with E-state index < -0.39 is 17.5 Å². The van der Waals surface area contributed by atoms with E-state index in [1.165, 1.54) is 44.0 Å². The van der Waals surface area contributed by atoms with E-state index in [0.29, 0.717) is 34.4 Å². The van der Waals surface area contributed by atoms with Crippen LogP contribution in [0.1, 0.15) is 62.4 Å². The predicted molar refractivity (Wildman–Crippen MR) is 129 cm³/mol. The molecule has 0 radical (unpaired) electrons. The number of phenolic OH excluding ortho intramolecular Hbond substituents is 1. The number of aromatic hydroxyl groups is 1. The Labute approximate surface area is 201 Å². The number of halogens is 3. The molecule has 1 saturated heterocycles. The van der Waals surface area contributed by atoms with Gasteiger partial charge in [-0.15, -0.1) is 0 Å². The summed E-state index contributed by atoms with van der Waals surface area (Å²) in [5.74, 6) is -1.56. The van der Waals surface area contributed by atoms with Gasteiger partial charge in [0, 0.05) is 43.3 Å². The van der Waals surface area contributed by atoms with Crippen molar-refractivity contribution in [3.8, 4) is 17.0 Å². The van der Waals surface area contributed by atoms with Crippen molar-refractivity contribution < 1.29 is 18.3 Å². The zero-order chi connectivity index (χ0) is 24.3. The maximum Gasteiger partial charge on any atom is 0.175 e. The van der Waals surface area contributed by atoms with Gasteiger partial charge in [0.1, 0.15) is 34.4 Å². The molecule has 0 unspecified atom stereocenters. The summed E-state index contributed by atoms with van der Waals surface area (Å²) in [5, 5.41) is 10.8. The molecule has 8 heteroatoms. The lowest BCUT2D eigenvalue weighted by atomic mass is 9.64. The molecular formula is C27H27F3N4O. The Morgan fingerprint density at radius 3 is 2.60 bits per heavy atom. The number of pyridine rings is 1. The number of hydrogen-bond acceptors (Lipinski definition) is 5. The standard InChI is InChI=1S/C27H27F3N4O/c1-2-20-32-25-18(26(33-20)34-10-4-9-27(14-34)7-3-8-27)13-31-24(23(25)30)17-12-16(35)11-15-5-6-19(28)22(29)21(15)17/h11-13,35H,2-10,14H2,1H3. The number of rotatable bonds is 3. The quantitative estimate of drug-likeness (QED) is 0.469. The van der Waals surface area contributed by atoms with Crippen molar-refractivity contribution in [1.82, 2.24) is 15.0 Å². The van der Waals surface area contributed by atoms with Gasteiger partial charge >= 0.3 is 0 Å². The van der Waals surface area contributed by atoms with Crippen LogP contribution in [0, 0.1) is 11.2 Å². The molecule has 1 spiro atoms. The third-order valence-corrected chi connectivity index (χ3v) is 7.93. The Morgan fingerprint density at radius 2 is 1.86 bits per heavy atom. The molecule has 3 aliphatic rings. The highest BCUT2D eigenvalue weighted by atomic mass is 19.2. The Kier molecular flexibility index (Phi) is 5.23. The molecule has 3 aromatic rings. The van der Waals surface area contributed by atoms with Crippen LogP contribution in [0.3, 0.4) is 0 Å². The van der Waals surface area contributed by atoms with Crippen LogP contribution in [0.4, 0.5) is 19.0 Å². The molecule has 182 valence electrons. The molecule has 2 fully saturated rings. The fraction of sp³-hybridized carbons (Fsp3) is 0.444. The summed E-state index contributed by atoms with van der Waals surface area (Å²) in [5.41, 5.74) is 0.680. The number of piperidine rings is 1. The normalized spacial score (nSPS) is 19.3. The Morgan fingerprint density at radius 1 is 1.06 bits per heavy atom. The lowest BCUT2D eigenvalue weighted by molar-refractivity contribution is 0.107. The van der Waals surface area contributed by atoms with Crippen LogP contribution in [-0.4, -0.2) is 33.1 Å². The fourth-order valence-corrected chi connectivity index (χ4v) is 5.97. The number of nitrogens with zero attached hydrogens (tertiary/aromatic N) is 4. The van der Waals surface area contributed by atoms with E-state index in [1.54, 1.807) is 0 Å². The molecule has 35 heavy (non-hydrogen) atoms. The van der Waals surface area contributed by atoms with Gasteiger partial charge in [0.15, 0.2) is 11.6 Å². The highest BCUT2D eigenvalue weighted by Crippen LogP contribution is 2.49.